The number of rotatable bonds is 6. The van der Waals surface area contributed by atoms with Crippen molar-refractivity contribution in [3.63, 3.8) is 0 Å². The van der Waals surface area contributed by atoms with Crippen molar-refractivity contribution in [3.8, 4) is 0 Å². The van der Waals surface area contributed by atoms with Crippen LogP contribution in [0.25, 0.3) is 0 Å². The van der Waals surface area contributed by atoms with E-state index in [9.17, 15) is 17.2 Å². The van der Waals surface area contributed by atoms with Crippen molar-refractivity contribution in [2.75, 3.05) is 0 Å². The second-order valence-corrected chi connectivity index (χ2v) is 8.80. The van der Waals surface area contributed by atoms with Crippen LogP contribution in [0.1, 0.15) is 61.9 Å². The van der Waals surface area contributed by atoms with Gasteiger partial charge in [0.25, 0.3) is 0 Å². The van der Waals surface area contributed by atoms with Crippen LogP contribution < -0.4 is 4.72 Å². The molecule has 2 aliphatic carbocycles. The topological polar surface area (TPSA) is 64.0 Å². The summed E-state index contributed by atoms with van der Waals surface area (Å²) in [4.78, 5) is -0.947. The van der Waals surface area contributed by atoms with Crippen LogP contribution in [0, 0.1) is 11.6 Å². The highest BCUT2D eigenvalue weighted by Gasteiger charge is 2.31. The van der Waals surface area contributed by atoms with Gasteiger partial charge < -0.3 is 0 Å². The number of nitrogens with zero attached hydrogens (tertiary/aromatic N) is 2. The van der Waals surface area contributed by atoms with Gasteiger partial charge in [-0.3, -0.25) is 4.68 Å². The molecule has 0 aliphatic heterocycles. The lowest BCUT2D eigenvalue weighted by Gasteiger charge is -2.13. The van der Waals surface area contributed by atoms with E-state index in [4.69, 9.17) is 0 Å². The van der Waals surface area contributed by atoms with Gasteiger partial charge in [-0.2, -0.15) is 5.10 Å². The first kappa shape index (κ1) is 17.6. The van der Waals surface area contributed by atoms with Crippen LogP contribution in [0.5, 0.6) is 0 Å². The van der Waals surface area contributed by atoms with Crippen LogP contribution in [0.2, 0.25) is 0 Å². The molecule has 1 aromatic carbocycles. The van der Waals surface area contributed by atoms with Gasteiger partial charge in [0.15, 0.2) is 4.90 Å². The number of hydrogen-bond donors (Lipinski definition) is 1. The molecule has 2 fully saturated rings. The predicted molar refractivity (Wildman–Crippen MR) is 92.1 cm³/mol. The zero-order valence-corrected chi connectivity index (χ0v) is 15.1. The third-order valence-electron chi connectivity index (χ3n) is 5.11. The molecule has 8 heteroatoms. The monoisotopic (exact) mass is 381 g/mol. The highest BCUT2D eigenvalue weighted by atomic mass is 32.2. The minimum absolute atomic E-state index is 0.0878. The van der Waals surface area contributed by atoms with E-state index in [1.807, 2.05) is 6.07 Å². The summed E-state index contributed by atoms with van der Waals surface area (Å²) in [5.41, 5.74) is 1.74. The van der Waals surface area contributed by atoms with Crippen molar-refractivity contribution in [2.24, 2.45) is 0 Å². The lowest BCUT2D eigenvalue weighted by molar-refractivity contribution is 0.446. The van der Waals surface area contributed by atoms with E-state index in [2.05, 4.69) is 14.5 Å². The fourth-order valence-electron chi connectivity index (χ4n) is 3.65. The molecule has 0 amide bonds. The maximum Gasteiger partial charge on any atom is 0.246 e. The number of nitrogens with one attached hydrogen (secondary N) is 1. The van der Waals surface area contributed by atoms with E-state index in [1.165, 1.54) is 12.8 Å². The predicted octanol–water partition coefficient (Wildman–Crippen LogP) is 3.63. The number of hydrogen-bond acceptors (Lipinski definition) is 3. The van der Waals surface area contributed by atoms with Crippen molar-refractivity contribution in [1.29, 1.82) is 0 Å². The average molecular weight is 381 g/mol. The molecule has 0 spiro atoms. The molecule has 1 heterocycles. The molecular weight excluding hydrogens is 360 g/mol. The van der Waals surface area contributed by atoms with E-state index in [1.54, 1.807) is 0 Å². The van der Waals surface area contributed by atoms with E-state index in [0.717, 1.165) is 49.6 Å². The molecule has 26 heavy (non-hydrogen) atoms. The molecule has 0 radical (unpaired) electrons. The van der Waals surface area contributed by atoms with Gasteiger partial charge in [-0.1, -0.05) is 18.9 Å². The average Bonchev–Trinajstić information content (AvgIpc) is 3.12. The summed E-state index contributed by atoms with van der Waals surface area (Å²) in [6.07, 6.45) is 6.81. The van der Waals surface area contributed by atoms with Gasteiger partial charge in [0.1, 0.15) is 11.6 Å². The first-order chi connectivity index (χ1) is 12.5. The van der Waals surface area contributed by atoms with Crippen molar-refractivity contribution in [3.05, 3.63) is 47.3 Å². The Morgan fingerprint density at radius 3 is 2.38 bits per heavy atom. The van der Waals surface area contributed by atoms with E-state index in [0.29, 0.717) is 17.7 Å². The summed E-state index contributed by atoms with van der Waals surface area (Å²) in [7, 11) is -4.30. The van der Waals surface area contributed by atoms with Gasteiger partial charge in [0.05, 0.1) is 18.3 Å². The Labute approximate surface area is 151 Å². The summed E-state index contributed by atoms with van der Waals surface area (Å²) in [6, 6.07) is 5.29. The Morgan fingerprint density at radius 2 is 1.77 bits per heavy atom. The zero-order valence-electron chi connectivity index (χ0n) is 14.3. The zero-order chi connectivity index (χ0) is 18.3. The molecule has 0 unspecified atom stereocenters. The Hall–Kier alpha value is -1.80. The minimum Gasteiger partial charge on any atom is -0.266 e. The number of halogens is 2. The third-order valence-corrected chi connectivity index (χ3v) is 6.56. The molecule has 0 bridgehead atoms. The molecular formula is C18H21F2N3O2S. The maximum absolute atomic E-state index is 13.8. The summed E-state index contributed by atoms with van der Waals surface area (Å²) in [6.45, 7) is -0.0878. The quantitative estimate of drug-likeness (QED) is 0.831. The largest absolute Gasteiger partial charge is 0.266 e. The fourth-order valence-corrected chi connectivity index (χ4v) is 4.79. The second-order valence-electron chi connectivity index (χ2n) is 7.09. The van der Waals surface area contributed by atoms with E-state index >= 15 is 0 Å². The van der Waals surface area contributed by atoms with Crippen LogP contribution >= 0.6 is 0 Å². The maximum atomic E-state index is 13.8. The van der Waals surface area contributed by atoms with Gasteiger partial charge >= 0.3 is 0 Å². The molecule has 2 aromatic rings. The van der Waals surface area contributed by atoms with Crippen LogP contribution in [0.3, 0.4) is 0 Å². The second kappa shape index (κ2) is 6.74. The highest BCUT2D eigenvalue weighted by Crippen LogP contribution is 2.43. The lowest BCUT2D eigenvalue weighted by atomic mass is 10.2. The highest BCUT2D eigenvalue weighted by molar-refractivity contribution is 7.89. The van der Waals surface area contributed by atoms with Gasteiger partial charge in [-0.25, -0.2) is 21.9 Å². The van der Waals surface area contributed by atoms with E-state index < -0.39 is 26.6 Å². The molecule has 0 atom stereocenters. The smallest absolute Gasteiger partial charge is 0.246 e. The Kier molecular flexibility index (Phi) is 4.56. The molecule has 5 nitrogen and oxygen atoms in total. The third kappa shape index (κ3) is 3.40. The standard InChI is InChI=1S/C18H21F2N3O2S/c19-15-6-3-7-16(20)18(15)26(24,25)21-11-13-10-17(12-8-9-12)23(22-13)14-4-1-2-5-14/h3,6-7,10,12,14,21H,1-2,4-5,8-9,11H2. The number of sulfonamides is 1. The first-order valence-electron chi connectivity index (χ1n) is 8.98. The van der Waals surface area contributed by atoms with Crippen molar-refractivity contribution in [1.82, 2.24) is 14.5 Å². The molecule has 1 aromatic heterocycles. The molecule has 0 saturated heterocycles. The molecule has 4 rings (SSSR count). The van der Waals surface area contributed by atoms with Gasteiger partial charge in [0.2, 0.25) is 10.0 Å². The minimum atomic E-state index is -4.30. The Balaban J connectivity index is 1.55. The van der Waals surface area contributed by atoms with Crippen LogP contribution in [0.4, 0.5) is 8.78 Å². The van der Waals surface area contributed by atoms with Gasteiger partial charge in [-0.05, 0) is 43.9 Å². The van der Waals surface area contributed by atoms with Crippen molar-refractivity contribution in [2.45, 2.75) is 61.9 Å². The van der Waals surface area contributed by atoms with E-state index in [-0.39, 0.29) is 6.54 Å². The van der Waals surface area contributed by atoms with Crippen LogP contribution in [0.15, 0.2) is 29.2 Å². The van der Waals surface area contributed by atoms with Crippen molar-refractivity contribution >= 4 is 10.0 Å². The van der Waals surface area contributed by atoms with Crippen LogP contribution in [-0.2, 0) is 16.6 Å². The summed E-state index contributed by atoms with van der Waals surface area (Å²) in [5, 5.41) is 4.60. The number of benzene rings is 1. The summed E-state index contributed by atoms with van der Waals surface area (Å²) in [5.74, 6) is -1.71. The first-order valence-corrected chi connectivity index (χ1v) is 10.5. The molecule has 1 N–H and O–H groups in total. The molecule has 140 valence electrons. The van der Waals surface area contributed by atoms with Crippen molar-refractivity contribution < 1.29 is 17.2 Å². The lowest BCUT2D eigenvalue weighted by Crippen LogP contribution is -2.25. The molecule has 2 saturated carbocycles. The van der Waals surface area contributed by atoms with Crippen LogP contribution in [-0.4, -0.2) is 18.2 Å². The molecule has 2 aliphatic rings. The SMILES string of the molecule is O=S(=O)(NCc1cc(C2CC2)n(C2CCCC2)n1)c1c(F)cccc1F. The number of aromatic nitrogens is 2. The fraction of sp³-hybridized carbons (Fsp3) is 0.500. The summed E-state index contributed by atoms with van der Waals surface area (Å²) >= 11 is 0. The Morgan fingerprint density at radius 1 is 1.12 bits per heavy atom. The summed E-state index contributed by atoms with van der Waals surface area (Å²) < 4.78 is 56.5. The van der Waals surface area contributed by atoms with Gasteiger partial charge in [-0.15, -0.1) is 0 Å². The van der Waals surface area contributed by atoms with Gasteiger partial charge in [0, 0.05) is 11.6 Å². The normalized spacial score (nSPS) is 18.5. The Bertz CT molecular complexity index is 896.